The number of imide groups is 2. The summed E-state index contributed by atoms with van der Waals surface area (Å²) in [4.78, 5) is 51.0. The quantitative estimate of drug-likeness (QED) is 0.379. The predicted octanol–water partition coefficient (Wildman–Crippen LogP) is 2.62. The van der Waals surface area contributed by atoms with Crippen molar-refractivity contribution in [2.75, 3.05) is 23.4 Å². The SMILES string of the molecule is CCOc1ccccc1N1C(=O)C(=O)N(CC(=O)Nc2cccc(I)c2)C1=O. The number of para-hydroxylation sites is 2. The summed E-state index contributed by atoms with van der Waals surface area (Å²) < 4.78 is 6.35. The molecule has 0 unspecified atom stereocenters. The van der Waals surface area contributed by atoms with Gasteiger partial charge in [-0.2, -0.15) is 0 Å². The fourth-order valence-electron chi connectivity index (χ4n) is 2.69. The summed E-state index contributed by atoms with van der Waals surface area (Å²) in [5, 5.41) is 2.61. The zero-order valence-corrected chi connectivity index (χ0v) is 17.0. The van der Waals surface area contributed by atoms with Crippen molar-refractivity contribution in [2.45, 2.75) is 6.92 Å². The first-order valence-corrected chi connectivity index (χ1v) is 9.47. The van der Waals surface area contributed by atoms with E-state index in [2.05, 4.69) is 27.9 Å². The van der Waals surface area contributed by atoms with Gasteiger partial charge in [-0.15, -0.1) is 0 Å². The fraction of sp³-hybridized carbons (Fsp3) is 0.158. The molecule has 0 saturated carbocycles. The molecule has 0 aliphatic carbocycles. The standard InChI is InChI=1S/C19H16IN3O5/c1-2-28-15-9-4-3-8-14(15)23-18(26)17(25)22(19(23)27)11-16(24)21-13-7-5-6-12(20)10-13/h3-10H,2,11H2,1H3,(H,21,24). The van der Waals surface area contributed by atoms with Crippen LogP contribution < -0.4 is 15.0 Å². The number of nitrogens with zero attached hydrogens (tertiary/aromatic N) is 2. The molecule has 5 amide bonds. The van der Waals surface area contributed by atoms with Gasteiger partial charge < -0.3 is 10.1 Å². The van der Waals surface area contributed by atoms with Crippen molar-refractivity contribution in [3.05, 3.63) is 52.1 Å². The number of amides is 5. The van der Waals surface area contributed by atoms with Crippen LogP contribution in [0.25, 0.3) is 0 Å². The van der Waals surface area contributed by atoms with Crippen molar-refractivity contribution in [3.8, 4) is 5.75 Å². The van der Waals surface area contributed by atoms with Crippen LogP contribution in [-0.2, 0) is 14.4 Å². The summed E-state index contributed by atoms with van der Waals surface area (Å²) in [6, 6.07) is 12.6. The van der Waals surface area contributed by atoms with E-state index >= 15 is 0 Å². The molecule has 0 bridgehead atoms. The average Bonchev–Trinajstić information content (AvgIpc) is 2.86. The van der Waals surface area contributed by atoms with E-state index in [1.165, 1.54) is 6.07 Å². The van der Waals surface area contributed by atoms with Gasteiger partial charge >= 0.3 is 17.8 Å². The number of carbonyl (C=O) groups is 4. The van der Waals surface area contributed by atoms with Crippen LogP contribution in [-0.4, -0.2) is 41.8 Å². The first-order valence-electron chi connectivity index (χ1n) is 8.39. The Kier molecular flexibility index (Phi) is 5.93. The second-order valence-corrected chi connectivity index (χ2v) is 7.02. The second-order valence-electron chi connectivity index (χ2n) is 5.77. The van der Waals surface area contributed by atoms with Crippen molar-refractivity contribution in [1.82, 2.24) is 4.90 Å². The molecule has 144 valence electrons. The zero-order chi connectivity index (χ0) is 20.3. The molecular formula is C19H16IN3O5. The van der Waals surface area contributed by atoms with Crippen molar-refractivity contribution < 1.29 is 23.9 Å². The Bertz CT molecular complexity index is 962. The second kappa shape index (κ2) is 8.38. The monoisotopic (exact) mass is 493 g/mol. The first kappa shape index (κ1) is 19.8. The van der Waals surface area contributed by atoms with Crippen molar-refractivity contribution in [1.29, 1.82) is 0 Å². The number of benzene rings is 2. The molecule has 2 aromatic rings. The van der Waals surface area contributed by atoms with Gasteiger partial charge in [0.2, 0.25) is 5.91 Å². The van der Waals surface area contributed by atoms with Crippen LogP contribution in [0.3, 0.4) is 0 Å². The lowest BCUT2D eigenvalue weighted by molar-refractivity contribution is -0.140. The lowest BCUT2D eigenvalue weighted by Crippen LogP contribution is -2.39. The van der Waals surface area contributed by atoms with Gasteiger partial charge in [-0.1, -0.05) is 18.2 Å². The van der Waals surface area contributed by atoms with E-state index < -0.39 is 30.3 Å². The Balaban J connectivity index is 1.79. The molecule has 9 heteroatoms. The van der Waals surface area contributed by atoms with E-state index in [0.717, 1.165) is 8.47 Å². The van der Waals surface area contributed by atoms with E-state index in [-0.39, 0.29) is 5.69 Å². The molecule has 0 aromatic heterocycles. The van der Waals surface area contributed by atoms with E-state index in [1.807, 2.05) is 6.07 Å². The molecule has 0 radical (unpaired) electrons. The Labute approximate surface area is 174 Å². The third-order valence-electron chi connectivity index (χ3n) is 3.87. The number of hydrogen-bond acceptors (Lipinski definition) is 5. The number of ether oxygens (including phenoxy) is 1. The van der Waals surface area contributed by atoms with Gasteiger partial charge in [-0.25, -0.2) is 14.6 Å². The maximum atomic E-state index is 12.7. The number of rotatable bonds is 6. The van der Waals surface area contributed by atoms with Crippen LogP contribution in [0.1, 0.15) is 6.92 Å². The zero-order valence-electron chi connectivity index (χ0n) is 14.8. The number of hydrogen-bond donors (Lipinski definition) is 1. The highest BCUT2D eigenvalue weighted by atomic mass is 127. The third-order valence-corrected chi connectivity index (χ3v) is 4.54. The molecule has 3 rings (SSSR count). The van der Waals surface area contributed by atoms with Crippen molar-refractivity contribution >= 4 is 57.7 Å². The topological polar surface area (TPSA) is 96.0 Å². The average molecular weight is 493 g/mol. The number of halogens is 1. The largest absolute Gasteiger partial charge is 0.492 e. The fourth-order valence-corrected chi connectivity index (χ4v) is 3.23. The highest BCUT2D eigenvalue weighted by Crippen LogP contribution is 2.31. The van der Waals surface area contributed by atoms with E-state index in [0.29, 0.717) is 22.9 Å². The van der Waals surface area contributed by atoms with Gasteiger partial charge in [-0.05, 0) is 59.8 Å². The molecule has 1 heterocycles. The Morgan fingerprint density at radius 1 is 1.07 bits per heavy atom. The molecule has 2 aromatic carbocycles. The summed E-state index contributed by atoms with van der Waals surface area (Å²) in [5.74, 6) is -2.38. The van der Waals surface area contributed by atoms with E-state index in [1.54, 1.807) is 43.3 Å². The first-order chi connectivity index (χ1) is 13.4. The predicted molar refractivity (Wildman–Crippen MR) is 110 cm³/mol. The van der Waals surface area contributed by atoms with Gasteiger partial charge in [0, 0.05) is 9.26 Å². The molecule has 1 saturated heterocycles. The van der Waals surface area contributed by atoms with Crippen LogP contribution in [0.4, 0.5) is 16.2 Å². The molecule has 1 fully saturated rings. The maximum Gasteiger partial charge on any atom is 0.339 e. The molecular weight excluding hydrogens is 477 g/mol. The van der Waals surface area contributed by atoms with E-state index in [4.69, 9.17) is 4.74 Å². The van der Waals surface area contributed by atoms with Crippen molar-refractivity contribution in [2.24, 2.45) is 0 Å². The van der Waals surface area contributed by atoms with Crippen LogP contribution >= 0.6 is 22.6 Å². The molecule has 0 atom stereocenters. The lowest BCUT2D eigenvalue weighted by Gasteiger charge is -2.18. The van der Waals surface area contributed by atoms with Gasteiger partial charge in [0.25, 0.3) is 0 Å². The minimum Gasteiger partial charge on any atom is -0.492 e. The molecule has 0 spiro atoms. The maximum absolute atomic E-state index is 12.7. The summed E-state index contributed by atoms with van der Waals surface area (Å²) in [7, 11) is 0. The molecule has 1 N–H and O–H groups in total. The van der Waals surface area contributed by atoms with Gasteiger partial charge in [0.15, 0.2) is 0 Å². The summed E-state index contributed by atoms with van der Waals surface area (Å²) >= 11 is 2.10. The molecule has 1 aliphatic heterocycles. The van der Waals surface area contributed by atoms with Crippen LogP contribution in [0.2, 0.25) is 0 Å². The van der Waals surface area contributed by atoms with E-state index in [9.17, 15) is 19.2 Å². The summed E-state index contributed by atoms with van der Waals surface area (Å²) in [6.45, 7) is 1.52. The third kappa shape index (κ3) is 3.98. The number of carbonyl (C=O) groups excluding carboxylic acids is 4. The Hall–Kier alpha value is -2.95. The number of urea groups is 1. The van der Waals surface area contributed by atoms with Crippen LogP contribution in [0.15, 0.2) is 48.5 Å². The van der Waals surface area contributed by atoms with Crippen LogP contribution in [0, 0.1) is 3.57 Å². The lowest BCUT2D eigenvalue weighted by atomic mass is 10.2. The summed E-state index contributed by atoms with van der Waals surface area (Å²) in [5.41, 5.74) is 0.689. The van der Waals surface area contributed by atoms with Crippen LogP contribution in [0.5, 0.6) is 5.75 Å². The van der Waals surface area contributed by atoms with Gasteiger partial charge in [0.1, 0.15) is 12.3 Å². The Morgan fingerprint density at radius 3 is 2.54 bits per heavy atom. The van der Waals surface area contributed by atoms with Gasteiger partial charge in [-0.3, -0.25) is 14.4 Å². The Morgan fingerprint density at radius 2 is 1.82 bits per heavy atom. The number of nitrogens with one attached hydrogen (secondary N) is 1. The highest BCUT2D eigenvalue weighted by Gasteiger charge is 2.47. The number of anilines is 2. The minimum atomic E-state index is -1.06. The summed E-state index contributed by atoms with van der Waals surface area (Å²) in [6.07, 6.45) is 0. The molecule has 28 heavy (non-hydrogen) atoms. The van der Waals surface area contributed by atoms with Crippen molar-refractivity contribution in [3.63, 3.8) is 0 Å². The smallest absolute Gasteiger partial charge is 0.339 e. The van der Waals surface area contributed by atoms with Gasteiger partial charge in [0.05, 0.1) is 12.3 Å². The highest BCUT2D eigenvalue weighted by molar-refractivity contribution is 14.1. The minimum absolute atomic E-state index is 0.160. The normalized spacial score (nSPS) is 13.9. The molecule has 1 aliphatic rings. The molecule has 8 nitrogen and oxygen atoms in total.